The molecule has 0 amide bonds. The molecule has 0 saturated heterocycles. The van der Waals surface area contributed by atoms with E-state index in [0.29, 0.717) is 6.42 Å². The van der Waals surface area contributed by atoms with Crippen LogP contribution in [-0.4, -0.2) is 20.6 Å². The smallest absolute Gasteiger partial charge is 0.142 e. The van der Waals surface area contributed by atoms with Crippen LogP contribution in [0.25, 0.3) is 0 Å². The van der Waals surface area contributed by atoms with Crippen molar-refractivity contribution in [1.29, 1.82) is 0 Å². The fourth-order valence-electron chi connectivity index (χ4n) is 0.988. The van der Waals surface area contributed by atoms with Crippen molar-refractivity contribution in [3.63, 3.8) is 0 Å². The van der Waals surface area contributed by atoms with Crippen molar-refractivity contribution in [3.8, 4) is 0 Å². The van der Waals surface area contributed by atoms with Gasteiger partial charge in [-0.15, -0.1) is 0 Å². The number of aryl methyl sites for hydroxylation is 1. The molecule has 0 aliphatic carbocycles. The van der Waals surface area contributed by atoms with Crippen LogP contribution in [-0.2, 0) is 12.8 Å². The first-order chi connectivity index (χ1) is 6.43. The maximum absolute atomic E-state index is 9.86. The summed E-state index contributed by atoms with van der Waals surface area (Å²) in [5.41, 5.74) is -0.0853. The number of hydrogen-bond acceptors (Lipinski definition) is 4. The lowest BCUT2D eigenvalue weighted by Crippen LogP contribution is -2.28. The summed E-state index contributed by atoms with van der Waals surface area (Å²) in [4.78, 5) is 4.33. The van der Waals surface area contributed by atoms with Crippen molar-refractivity contribution in [3.05, 3.63) is 10.8 Å². The molecule has 1 heterocycles. The molecule has 0 aliphatic heterocycles. The summed E-state index contributed by atoms with van der Waals surface area (Å²) < 4.78 is 4.19. The molecule has 0 aliphatic rings. The molecule has 1 N–H and O–H groups in total. The molecule has 1 atom stereocenters. The summed E-state index contributed by atoms with van der Waals surface area (Å²) in [6.45, 7) is 8.12. The van der Waals surface area contributed by atoms with Gasteiger partial charge in [0.05, 0.1) is 6.10 Å². The minimum absolute atomic E-state index is 0.0853. The highest BCUT2D eigenvalue weighted by molar-refractivity contribution is 7.05. The Morgan fingerprint density at radius 1 is 1.43 bits per heavy atom. The van der Waals surface area contributed by atoms with E-state index in [1.165, 1.54) is 11.5 Å². The van der Waals surface area contributed by atoms with Gasteiger partial charge < -0.3 is 5.11 Å². The van der Waals surface area contributed by atoms with Crippen LogP contribution in [0.5, 0.6) is 0 Å². The van der Waals surface area contributed by atoms with Gasteiger partial charge in [0.15, 0.2) is 0 Å². The van der Waals surface area contributed by atoms with E-state index in [-0.39, 0.29) is 11.5 Å². The Morgan fingerprint density at radius 3 is 2.50 bits per heavy atom. The van der Waals surface area contributed by atoms with Gasteiger partial charge in [-0.05, 0) is 16.9 Å². The van der Waals surface area contributed by atoms with Crippen LogP contribution >= 0.6 is 11.5 Å². The van der Waals surface area contributed by atoms with Crippen molar-refractivity contribution in [1.82, 2.24) is 9.36 Å². The minimum Gasteiger partial charge on any atom is -0.392 e. The normalized spacial score (nSPS) is 14.4. The first-order valence-electron chi connectivity index (χ1n) is 4.93. The average Bonchev–Trinajstić information content (AvgIpc) is 2.50. The Kier molecular flexibility index (Phi) is 3.61. The predicted molar refractivity (Wildman–Crippen MR) is 58.5 cm³/mol. The highest BCUT2D eigenvalue weighted by Crippen LogP contribution is 2.22. The molecule has 1 aromatic rings. The van der Waals surface area contributed by atoms with E-state index in [1.54, 1.807) is 0 Å². The summed E-state index contributed by atoms with van der Waals surface area (Å²) in [6.07, 6.45) is 1.13. The SMILES string of the molecule is CCc1nsc(CC(O)C(C)(C)C)n1. The van der Waals surface area contributed by atoms with E-state index in [2.05, 4.69) is 9.36 Å². The van der Waals surface area contributed by atoms with Gasteiger partial charge >= 0.3 is 0 Å². The fraction of sp³-hybridized carbons (Fsp3) is 0.800. The molecule has 3 nitrogen and oxygen atoms in total. The Hall–Kier alpha value is -0.480. The minimum atomic E-state index is -0.347. The molecular formula is C10H18N2OS. The first-order valence-corrected chi connectivity index (χ1v) is 5.70. The van der Waals surface area contributed by atoms with E-state index < -0.39 is 0 Å². The quantitative estimate of drug-likeness (QED) is 0.837. The van der Waals surface area contributed by atoms with Crippen molar-refractivity contribution in [2.45, 2.75) is 46.6 Å². The van der Waals surface area contributed by atoms with Gasteiger partial charge in [0.25, 0.3) is 0 Å². The topological polar surface area (TPSA) is 46.0 Å². The van der Waals surface area contributed by atoms with Crippen LogP contribution in [0, 0.1) is 5.41 Å². The van der Waals surface area contributed by atoms with Crippen molar-refractivity contribution >= 4 is 11.5 Å². The van der Waals surface area contributed by atoms with E-state index in [9.17, 15) is 5.11 Å². The van der Waals surface area contributed by atoms with E-state index in [4.69, 9.17) is 0 Å². The number of aromatic nitrogens is 2. The van der Waals surface area contributed by atoms with Crippen LogP contribution in [0.1, 0.15) is 38.5 Å². The van der Waals surface area contributed by atoms with Crippen LogP contribution in [0.4, 0.5) is 0 Å². The van der Waals surface area contributed by atoms with E-state index >= 15 is 0 Å². The monoisotopic (exact) mass is 214 g/mol. The molecule has 4 heteroatoms. The average molecular weight is 214 g/mol. The third-order valence-electron chi connectivity index (χ3n) is 2.19. The van der Waals surface area contributed by atoms with Gasteiger partial charge in [0.2, 0.25) is 0 Å². The third kappa shape index (κ3) is 3.03. The summed E-state index contributed by atoms with van der Waals surface area (Å²) in [5, 5.41) is 10.8. The second kappa shape index (κ2) is 4.36. The van der Waals surface area contributed by atoms with E-state index in [0.717, 1.165) is 17.3 Å². The molecule has 0 bridgehead atoms. The molecule has 1 aromatic heterocycles. The van der Waals surface area contributed by atoms with Gasteiger partial charge in [0, 0.05) is 12.8 Å². The lowest BCUT2D eigenvalue weighted by molar-refractivity contribution is 0.0635. The van der Waals surface area contributed by atoms with Gasteiger partial charge in [0.1, 0.15) is 10.8 Å². The largest absolute Gasteiger partial charge is 0.392 e. The zero-order valence-electron chi connectivity index (χ0n) is 9.24. The second-order valence-corrected chi connectivity index (χ2v) is 5.38. The van der Waals surface area contributed by atoms with Crippen LogP contribution in [0.15, 0.2) is 0 Å². The van der Waals surface area contributed by atoms with Crippen molar-refractivity contribution < 1.29 is 5.11 Å². The predicted octanol–water partition coefficient (Wildman–Crippen LogP) is 2.05. The number of nitrogens with zero attached hydrogens (tertiary/aromatic N) is 2. The first kappa shape index (κ1) is 11.6. The summed E-state index contributed by atoms with van der Waals surface area (Å²) >= 11 is 1.40. The highest BCUT2D eigenvalue weighted by Gasteiger charge is 2.23. The molecule has 1 unspecified atom stereocenters. The molecule has 0 spiro atoms. The zero-order valence-corrected chi connectivity index (χ0v) is 10.1. The van der Waals surface area contributed by atoms with Gasteiger partial charge in [-0.2, -0.15) is 4.37 Å². The van der Waals surface area contributed by atoms with Crippen molar-refractivity contribution in [2.24, 2.45) is 5.41 Å². The number of aliphatic hydroxyl groups excluding tert-OH is 1. The lowest BCUT2D eigenvalue weighted by Gasteiger charge is -2.24. The molecule has 0 radical (unpaired) electrons. The molecule has 80 valence electrons. The molecule has 0 saturated carbocycles. The molecule has 0 aromatic carbocycles. The van der Waals surface area contributed by atoms with Crippen LogP contribution in [0.2, 0.25) is 0 Å². The van der Waals surface area contributed by atoms with Gasteiger partial charge in [-0.3, -0.25) is 0 Å². The number of rotatable bonds is 3. The summed E-state index contributed by atoms with van der Waals surface area (Å²) in [6, 6.07) is 0. The maximum Gasteiger partial charge on any atom is 0.142 e. The standard InChI is InChI=1S/C10H18N2OS/c1-5-8-11-9(14-12-8)6-7(13)10(2,3)4/h7,13H,5-6H2,1-4H3. The summed E-state index contributed by atoms with van der Waals surface area (Å²) in [5.74, 6) is 0.881. The fourth-order valence-corrected chi connectivity index (χ4v) is 1.75. The molecule has 14 heavy (non-hydrogen) atoms. The Bertz CT molecular complexity index is 291. The third-order valence-corrected chi connectivity index (χ3v) is 2.96. The molecular weight excluding hydrogens is 196 g/mol. The van der Waals surface area contributed by atoms with Crippen molar-refractivity contribution in [2.75, 3.05) is 0 Å². The molecule has 1 rings (SSSR count). The van der Waals surface area contributed by atoms with Crippen LogP contribution < -0.4 is 0 Å². The number of hydrogen-bond donors (Lipinski definition) is 1. The zero-order chi connectivity index (χ0) is 10.8. The van der Waals surface area contributed by atoms with Gasteiger partial charge in [-0.25, -0.2) is 4.98 Å². The summed E-state index contributed by atoms with van der Waals surface area (Å²) in [7, 11) is 0. The number of aliphatic hydroxyl groups is 1. The Morgan fingerprint density at radius 2 is 2.07 bits per heavy atom. The van der Waals surface area contributed by atoms with Gasteiger partial charge in [-0.1, -0.05) is 27.7 Å². The van der Waals surface area contributed by atoms with Crippen LogP contribution in [0.3, 0.4) is 0 Å². The second-order valence-electron chi connectivity index (χ2n) is 4.54. The maximum atomic E-state index is 9.86. The lowest BCUT2D eigenvalue weighted by atomic mass is 9.87. The highest BCUT2D eigenvalue weighted by atomic mass is 32.1. The van der Waals surface area contributed by atoms with E-state index in [1.807, 2.05) is 27.7 Å². The Labute approximate surface area is 89.4 Å². The molecule has 0 fully saturated rings. The Balaban J connectivity index is 2.60.